The molecule has 1 heterocycles. The number of furan rings is 1. The van der Waals surface area contributed by atoms with E-state index in [-0.39, 0.29) is 11.9 Å². The second-order valence-electron chi connectivity index (χ2n) is 4.63. The Labute approximate surface area is 128 Å². The van der Waals surface area contributed by atoms with Gasteiger partial charge in [-0.15, -0.1) is 0 Å². The lowest BCUT2D eigenvalue weighted by atomic mass is 10.1. The second-order valence-corrected chi connectivity index (χ2v) is 4.63. The van der Waals surface area contributed by atoms with Gasteiger partial charge in [0.1, 0.15) is 5.76 Å². The zero-order chi connectivity index (χ0) is 15.9. The van der Waals surface area contributed by atoms with Gasteiger partial charge < -0.3 is 14.5 Å². The van der Waals surface area contributed by atoms with Crippen molar-refractivity contribution in [2.45, 2.75) is 19.9 Å². The fourth-order valence-electron chi connectivity index (χ4n) is 1.88. The number of rotatable bonds is 5. The maximum atomic E-state index is 12.1. The molecule has 0 fully saturated rings. The molecule has 1 aromatic carbocycles. The summed E-state index contributed by atoms with van der Waals surface area (Å²) in [6.45, 7) is 3.87. The highest BCUT2D eigenvalue weighted by molar-refractivity contribution is 5.95. The van der Waals surface area contributed by atoms with Crippen LogP contribution in [0.3, 0.4) is 0 Å². The smallest absolute Gasteiger partial charge is 0.411 e. The van der Waals surface area contributed by atoms with Gasteiger partial charge in [0.05, 0.1) is 18.9 Å². The SMILES string of the molecule is CCOC(=O)Nc1ccc(C(=O)N[C@H](C)c2ccco2)cc1. The third-order valence-corrected chi connectivity index (χ3v) is 2.99. The largest absolute Gasteiger partial charge is 0.467 e. The molecule has 22 heavy (non-hydrogen) atoms. The van der Waals surface area contributed by atoms with Crippen molar-refractivity contribution in [2.75, 3.05) is 11.9 Å². The highest BCUT2D eigenvalue weighted by Gasteiger charge is 2.13. The van der Waals surface area contributed by atoms with Crippen molar-refractivity contribution < 1.29 is 18.7 Å². The Morgan fingerprint density at radius 1 is 1.23 bits per heavy atom. The minimum absolute atomic E-state index is 0.216. The van der Waals surface area contributed by atoms with Crippen LogP contribution in [0.25, 0.3) is 0 Å². The fraction of sp³-hybridized carbons (Fsp3) is 0.250. The van der Waals surface area contributed by atoms with E-state index in [1.165, 1.54) is 0 Å². The number of amides is 2. The Balaban J connectivity index is 1.95. The van der Waals surface area contributed by atoms with E-state index in [0.29, 0.717) is 23.6 Å². The minimum atomic E-state index is -0.522. The molecule has 0 radical (unpaired) electrons. The first-order chi connectivity index (χ1) is 10.6. The molecule has 6 heteroatoms. The number of hydrogen-bond donors (Lipinski definition) is 2. The molecule has 2 N–H and O–H groups in total. The van der Waals surface area contributed by atoms with Crippen molar-refractivity contribution in [3.63, 3.8) is 0 Å². The molecule has 0 spiro atoms. The number of nitrogens with one attached hydrogen (secondary N) is 2. The van der Waals surface area contributed by atoms with Crippen LogP contribution in [0.4, 0.5) is 10.5 Å². The van der Waals surface area contributed by atoms with Crippen molar-refractivity contribution in [2.24, 2.45) is 0 Å². The molecule has 1 aromatic heterocycles. The van der Waals surface area contributed by atoms with E-state index in [1.807, 2.05) is 6.92 Å². The second kappa shape index (κ2) is 7.31. The molecule has 116 valence electrons. The van der Waals surface area contributed by atoms with Crippen LogP contribution in [-0.2, 0) is 4.74 Å². The molecule has 2 amide bonds. The first-order valence-corrected chi connectivity index (χ1v) is 6.98. The predicted molar refractivity (Wildman–Crippen MR) is 81.7 cm³/mol. The molecule has 0 aliphatic heterocycles. The maximum absolute atomic E-state index is 12.1. The molecule has 1 atom stereocenters. The summed E-state index contributed by atoms with van der Waals surface area (Å²) >= 11 is 0. The maximum Gasteiger partial charge on any atom is 0.411 e. The number of ether oxygens (including phenoxy) is 1. The number of benzene rings is 1. The van der Waals surface area contributed by atoms with Crippen LogP contribution in [0.1, 0.15) is 36.0 Å². The van der Waals surface area contributed by atoms with E-state index in [1.54, 1.807) is 49.6 Å². The van der Waals surface area contributed by atoms with Crippen LogP contribution < -0.4 is 10.6 Å². The first kappa shape index (κ1) is 15.6. The molecule has 0 saturated carbocycles. The summed E-state index contributed by atoms with van der Waals surface area (Å²) in [6.07, 6.45) is 1.04. The molecule has 0 aliphatic rings. The highest BCUT2D eigenvalue weighted by Crippen LogP contribution is 2.14. The average Bonchev–Trinajstić information content (AvgIpc) is 3.02. The van der Waals surface area contributed by atoms with E-state index in [9.17, 15) is 9.59 Å². The first-order valence-electron chi connectivity index (χ1n) is 6.98. The molecule has 0 bridgehead atoms. The standard InChI is InChI=1S/C16H18N2O4/c1-3-21-16(20)18-13-8-6-12(7-9-13)15(19)17-11(2)14-5-4-10-22-14/h4-11H,3H2,1-2H3,(H,17,19)(H,18,20)/t11-/m1/s1. The molecule has 2 aromatic rings. The summed E-state index contributed by atoms with van der Waals surface area (Å²) in [7, 11) is 0. The molecule has 0 aliphatic carbocycles. The summed E-state index contributed by atoms with van der Waals surface area (Å²) < 4.78 is 10.0. The predicted octanol–water partition coefficient (Wildman–Crippen LogP) is 3.34. The zero-order valence-electron chi connectivity index (χ0n) is 12.5. The summed E-state index contributed by atoms with van der Waals surface area (Å²) in [5.41, 5.74) is 1.06. The number of carbonyl (C=O) groups excluding carboxylic acids is 2. The topological polar surface area (TPSA) is 80.6 Å². The lowest BCUT2D eigenvalue weighted by Crippen LogP contribution is -2.26. The molecule has 0 saturated heterocycles. The number of hydrogen-bond acceptors (Lipinski definition) is 4. The number of anilines is 1. The molecule has 6 nitrogen and oxygen atoms in total. The van der Waals surface area contributed by atoms with Gasteiger partial charge in [0.15, 0.2) is 0 Å². The normalized spacial score (nSPS) is 11.5. The van der Waals surface area contributed by atoms with E-state index in [0.717, 1.165) is 0 Å². The monoisotopic (exact) mass is 302 g/mol. The highest BCUT2D eigenvalue weighted by atomic mass is 16.5. The average molecular weight is 302 g/mol. The summed E-state index contributed by atoms with van der Waals surface area (Å²) in [4.78, 5) is 23.4. The quantitative estimate of drug-likeness (QED) is 0.887. The fourth-order valence-corrected chi connectivity index (χ4v) is 1.88. The summed E-state index contributed by atoms with van der Waals surface area (Å²) in [5, 5.41) is 5.40. The van der Waals surface area contributed by atoms with Crippen molar-refractivity contribution in [3.05, 3.63) is 54.0 Å². The van der Waals surface area contributed by atoms with Crippen molar-refractivity contribution >= 4 is 17.7 Å². The van der Waals surface area contributed by atoms with Gasteiger partial charge in [0.25, 0.3) is 5.91 Å². The van der Waals surface area contributed by atoms with Crippen LogP contribution in [0.2, 0.25) is 0 Å². The van der Waals surface area contributed by atoms with Crippen molar-refractivity contribution in [1.29, 1.82) is 0 Å². The zero-order valence-corrected chi connectivity index (χ0v) is 12.5. The van der Waals surface area contributed by atoms with E-state index in [4.69, 9.17) is 9.15 Å². The van der Waals surface area contributed by atoms with Gasteiger partial charge in [0.2, 0.25) is 0 Å². The van der Waals surface area contributed by atoms with Crippen molar-refractivity contribution in [1.82, 2.24) is 5.32 Å². The Bertz CT molecular complexity index is 620. The minimum Gasteiger partial charge on any atom is -0.467 e. The van der Waals surface area contributed by atoms with Crippen LogP contribution in [0.15, 0.2) is 47.1 Å². The lowest BCUT2D eigenvalue weighted by Gasteiger charge is -2.12. The van der Waals surface area contributed by atoms with E-state index < -0.39 is 6.09 Å². The molecular weight excluding hydrogens is 284 g/mol. The van der Waals surface area contributed by atoms with Gasteiger partial charge in [-0.25, -0.2) is 4.79 Å². The summed E-state index contributed by atoms with van der Waals surface area (Å²) in [6, 6.07) is 9.90. The van der Waals surface area contributed by atoms with Crippen LogP contribution >= 0.6 is 0 Å². The van der Waals surface area contributed by atoms with Crippen molar-refractivity contribution in [3.8, 4) is 0 Å². The number of carbonyl (C=O) groups is 2. The van der Waals surface area contributed by atoms with Gasteiger partial charge in [-0.2, -0.15) is 0 Å². The Morgan fingerprint density at radius 2 is 1.95 bits per heavy atom. The third kappa shape index (κ3) is 4.12. The van der Waals surface area contributed by atoms with Gasteiger partial charge in [0, 0.05) is 11.3 Å². The van der Waals surface area contributed by atoms with E-state index >= 15 is 0 Å². The Morgan fingerprint density at radius 3 is 2.55 bits per heavy atom. The van der Waals surface area contributed by atoms with Gasteiger partial charge in [-0.05, 0) is 50.2 Å². The Hall–Kier alpha value is -2.76. The lowest BCUT2D eigenvalue weighted by molar-refractivity contribution is 0.0935. The van der Waals surface area contributed by atoms with Gasteiger partial charge in [-0.1, -0.05) is 0 Å². The molecule has 2 rings (SSSR count). The van der Waals surface area contributed by atoms with Crippen LogP contribution in [-0.4, -0.2) is 18.6 Å². The van der Waals surface area contributed by atoms with Gasteiger partial charge >= 0.3 is 6.09 Å². The summed E-state index contributed by atoms with van der Waals surface area (Å²) in [5.74, 6) is 0.473. The Kier molecular flexibility index (Phi) is 5.19. The van der Waals surface area contributed by atoms with Crippen LogP contribution in [0.5, 0.6) is 0 Å². The molecule has 0 unspecified atom stereocenters. The molecular formula is C16H18N2O4. The van der Waals surface area contributed by atoms with Gasteiger partial charge in [-0.3, -0.25) is 10.1 Å². The third-order valence-electron chi connectivity index (χ3n) is 2.99. The van der Waals surface area contributed by atoms with Crippen LogP contribution in [0, 0.1) is 0 Å². The van der Waals surface area contributed by atoms with E-state index in [2.05, 4.69) is 10.6 Å².